The topological polar surface area (TPSA) is 248 Å². The highest BCUT2D eigenvalue weighted by molar-refractivity contribution is 5.96. The molecule has 0 spiro atoms. The number of hydrogen-bond acceptors (Lipinski definition) is 13. The first-order valence-electron chi connectivity index (χ1n) is 19.0. The molecule has 3 fully saturated rings. The Hall–Kier alpha value is -3.91. The fourth-order valence-corrected chi connectivity index (χ4v) is 7.10. The summed E-state index contributed by atoms with van der Waals surface area (Å²) in [7, 11) is 2.55. The lowest BCUT2D eigenvalue weighted by molar-refractivity contribution is -0.329. The average molecular weight is 784 g/mol. The predicted molar refractivity (Wildman–Crippen MR) is 194 cm³/mol. The van der Waals surface area contributed by atoms with Gasteiger partial charge >= 0.3 is 5.97 Å². The van der Waals surface area contributed by atoms with Crippen LogP contribution in [-0.2, 0) is 43.0 Å². The van der Waals surface area contributed by atoms with Crippen LogP contribution in [0.25, 0.3) is 0 Å². The van der Waals surface area contributed by atoms with E-state index in [2.05, 4.69) is 29.9 Å². The van der Waals surface area contributed by atoms with Gasteiger partial charge in [-0.15, -0.1) is 0 Å². The van der Waals surface area contributed by atoms with Crippen molar-refractivity contribution < 1.29 is 58.5 Å². The van der Waals surface area contributed by atoms with Gasteiger partial charge in [0.05, 0.1) is 12.6 Å². The van der Waals surface area contributed by atoms with E-state index in [1.165, 1.54) is 21.0 Å². The Balaban J connectivity index is 2.06. The van der Waals surface area contributed by atoms with Crippen LogP contribution in [0, 0.1) is 17.8 Å². The van der Waals surface area contributed by atoms with Crippen molar-refractivity contribution >= 4 is 41.4 Å². The van der Waals surface area contributed by atoms with Gasteiger partial charge in [0.1, 0.15) is 37.3 Å². The number of likely N-dealkylation sites (N-methyl/N-ethyl adjacent to an activating group) is 2. The molecule has 19 nitrogen and oxygen atoms in total. The van der Waals surface area contributed by atoms with Gasteiger partial charge in [0.2, 0.25) is 23.5 Å². The van der Waals surface area contributed by atoms with Crippen LogP contribution in [0.1, 0.15) is 87.0 Å². The summed E-state index contributed by atoms with van der Waals surface area (Å²) in [5.74, 6) is -9.24. The largest absolute Gasteiger partial charge is 0.458 e. The minimum atomic E-state index is -2.65. The van der Waals surface area contributed by atoms with E-state index in [0.29, 0.717) is 25.2 Å². The normalized spacial score (nSPS) is 31.3. The van der Waals surface area contributed by atoms with Crippen molar-refractivity contribution in [3.05, 3.63) is 0 Å². The summed E-state index contributed by atoms with van der Waals surface area (Å²) in [6.07, 6.45) is 0.0318. The number of hydrogen-bond donors (Lipinski definition) is 6. The van der Waals surface area contributed by atoms with Gasteiger partial charge in [-0.1, -0.05) is 34.6 Å². The van der Waals surface area contributed by atoms with Crippen molar-refractivity contribution in [1.29, 1.82) is 0 Å². The molecule has 3 saturated heterocycles. The molecule has 0 aromatic carbocycles. The molecule has 55 heavy (non-hydrogen) atoms. The fourth-order valence-electron chi connectivity index (χ4n) is 7.10. The second kappa shape index (κ2) is 18.8. The Bertz CT molecular complexity index is 1440. The molecule has 3 aliphatic heterocycles. The van der Waals surface area contributed by atoms with Gasteiger partial charge in [-0.05, 0) is 63.7 Å². The van der Waals surface area contributed by atoms with E-state index in [1.54, 1.807) is 13.8 Å². The number of carbonyl (C=O) groups excluding carboxylic acids is 7. The highest BCUT2D eigenvalue weighted by Crippen LogP contribution is 2.41. The molecule has 0 unspecified atom stereocenters. The Morgan fingerprint density at radius 1 is 1.04 bits per heavy atom. The molecule has 0 bridgehead atoms. The number of hydrazine groups is 1. The summed E-state index contributed by atoms with van der Waals surface area (Å²) >= 11 is 0. The number of cyclic esters (lactones) is 1. The van der Waals surface area contributed by atoms with Crippen LogP contribution in [0.5, 0.6) is 0 Å². The van der Waals surface area contributed by atoms with Crippen molar-refractivity contribution in [3.8, 4) is 0 Å². The first-order chi connectivity index (χ1) is 25.6. The molecule has 0 saturated carbocycles. The first-order valence-corrected chi connectivity index (χ1v) is 19.0. The van der Waals surface area contributed by atoms with Crippen LogP contribution in [-0.4, -0.2) is 159 Å². The molecule has 3 aliphatic rings. The second-order valence-corrected chi connectivity index (χ2v) is 15.8. The van der Waals surface area contributed by atoms with E-state index in [9.17, 15) is 49.0 Å². The number of hydroxylamine groups is 2. The predicted octanol–water partition coefficient (Wildman–Crippen LogP) is -1.12. The summed E-state index contributed by atoms with van der Waals surface area (Å²) in [6.45, 7) is 9.71. The number of fused-ring (bicyclic) bond motifs is 1. The lowest BCUT2D eigenvalue weighted by Crippen LogP contribution is -2.70. The van der Waals surface area contributed by atoms with Gasteiger partial charge in [-0.2, -0.15) is 0 Å². The van der Waals surface area contributed by atoms with Crippen molar-refractivity contribution in [2.45, 2.75) is 129 Å². The third-order valence-electron chi connectivity index (χ3n) is 10.8. The number of ether oxygens (including phenoxy) is 2. The van der Waals surface area contributed by atoms with E-state index in [-0.39, 0.29) is 30.4 Å². The molecule has 312 valence electrons. The van der Waals surface area contributed by atoms with Crippen molar-refractivity contribution in [3.63, 3.8) is 0 Å². The number of rotatable bonds is 7. The fraction of sp³-hybridized carbons (Fsp3) is 0.806. The quantitative estimate of drug-likeness (QED) is 0.133. The standard InChI is InChI=1S/C36H61N7O12/c1-10-25-23(16-20(2)3)13-14-36(52,55-25)35(7,51)34(50)39-29-30(21(4)5)54-28(46)19-40(8)26(44)17-37-31(47)22(6)41(9)27(45)18-42(53)32(48)24-12-11-15-38-43(24)33(29)49/h20-25,29-30,38,51-53H,10-19H2,1-9H3,(H,37,47)(H,39,50)/t22-,23+,24+,25+,29-,30-,35+,36+/m0/s1. The summed E-state index contributed by atoms with van der Waals surface area (Å²) in [5, 5.41) is 40.2. The van der Waals surface area contributed by atoms with Crippen LogP contribution in [0.2, 0.25) is 0 Å². The van der Waals surface area contributed by atoms with Crippen molar-refractivity contribution in [2.75, 3.05) is 40.3 Å². The van der Waals surface area contributed by atoms with E-state index in [4.69, 9.17) is 9.47 Å². The number of amides is 6. The summed E-state index contributed by atoms with van der Waals surface area (Å²) in [6, 6.07) is -4.36. The van der Waals surface area contributed by atoms with E-state index in [0.717, 1.165) is 28.2 Å². The number of nitrogens with one attached hydrogen (secondary N) is 3. The Morgan fingerprint density at radius 2 is 1.69 bits per heavy atom. The zero-order chi connectivity index (χ0) is 41.6. The zero-order valence-corrected chi connectivity index (χ0v) is 33.5. The second-order valence-electron chi connectivity index (χ2n) is 15.8. The van der Waals surface area contributed by atoms with E-state index >= 15 is 0 Å². The first kappa shape index (κ1) is 45.5. The Morgan fingerprint density at radius 3 is 2.29 bits per heavy atom. The summed E-state index contributed by atoms with van der Waals surface area (Å²) in [5.41, 5.74) is 0.163. The number of nitrogens with zero attached hydrogens (tertiary/aromatic N) is 4. The van der Waals surface area contributed by atoms with Gasteiger partial charge in [-0.3, -0.25) is 43.8 Å². The Labute approximate surface area is 322 Å². The van der Waals surface area contributed by atoms with Gasteiger partial charge < -0.3 is 40.1 Å². The minimum absolute atomic E-state index is 0.0123. The molecule has 0 aliphatic carbocycles. The smallest absolute Gasteiger partial charge is 0.325 e. The average Bonchev–Trinajstić information content (AvgIpc) is 3.13. The molecule has 19 heteroatoms. The lowest BCUT2D eigenvalue weighted by atomic mass is 9.78. The maximum Gasteiger partial charge on any atom is 0.325 e. The van der Waals surface area contributed by atoms with Crippen LogP contribution in [0.4, 0.5) is 0 Å². The molecule has 8 atom stereocenters. The molecule has 6 amide bonds. The zero-order valence-electron chi connectivity index (χ0n) is 33.5. The highest BCUT2D eigenvalue weighted by Gasteiger charge is 2.57. The third kappa shape index (κ3) is 10.7. The molecule has 0 radical (unpaired) electrons. The molecule has 0 aromatic rings. The van der Waals surface area contributed by atoms with Crippen LogP contribution >= 0.6 is 0 Å². The number of esters is 1. The van der Waals surface area contributed by atoms with Crippen LogP contribution in [0.15, 0.2) is 0 Å². The maximum atomic E-state index is 14.6. The molecule has 3 heterocycles. The minimum Gasteiger partial charge on any atom is -0.458 e. The molecular weight excluding hydrogens is 722 g/mol. The van der Waals surface area contributed by atoms with Crippen molar-refractivity contribution in [1.82, 2.24) is 35.9 Å². The van der Waals surface area contributed by atoms with Crippen LogP contribution < -0.4 is 16.1 Å². The van der Waals surface area contributed by atoms with Crippen LogP contribution in [0.3, 0.4) is 0 Å². The van der Waals surface area contributed by atoms with Gasteiger partial charge in [0.25, 0.3) is 17.7 Å². The Kier molecular flexibility index (Phi) is 15.6. The van der Waals surface area contributed by atoms with Crippen molar-refractivity contribution in [2.24, 2.45) is 17.8 Å². The maximum absolute atomic E-state index is 14.6. The SMILES string of the molecule is CC[C@H]1O[C@@](O)([C@](C)(O)C(=O)N[C@@H]2C(=O)N3NCCC[C@@H]3C(=O)N(O)CC(=O)N(C)[C@@H](C)C(=O)NCC(=O)N(C)CC(=O)O[C@H]2C(C)C)CC[C@@H]1CC(C)C. The number of aliphatic hydroxyl groups is 2. The molecular formula is C36H61N7O12. The number of carbonyl (C=O) groups is 7. The third-order valence-corrected chi connectivity index (χ3v) is 10.8. The van der Waals surface area contributed by atoms with Gasteiger partial charge in [0.15, 0.2) is 5.60 Å². The van der Waals surface area contributed by atoms with Gasteiger partial charge in [0, 0.05) is 27.1 Å². The lowest BCUT2D eigenvalue weighted by Gasteiger charge is -2.48. The monoisotopic (exact) mass is 783 g/mol. The molecule has 6 N–H and O–H groups in total. The summed E-state index contributed by atoms with van der Waals surface area (Å²) < 4.78 is 11.8. The molecule has 3 rings (SSSR count). The van der Waals surface area contributed by atoms with E-state index in [1.807, 2.05) is 6.92 Å². The summed E-state index contributed by atoms with van der Waals surface area (Å²) in [4.78, 5) is 96.5. The van der Waals surface area contributed by atoms with E-state index < -0.39 is 109 Å². The highest BCUT2D eigenvalue weighted by atomic mass is 16.6. The van der Waals surface area contributed by atoms with Gasteiger partial charge in [-0.25, -0.2) is 10.5 Å². The molecule has 0 aromatic heterocycles.